The van der Waals surface area contributed by atoms with E-state index in [0.717, 1.165) is 24.6 Å². The molecule has 0 aliphatic carbocycles. The van der Waals surface area contributed by atoms with Gasteiger partial charge in [-0.15, -0.1) is 0 Å². The number of piperidine rings is 1. The molecule has 1 aliphatic heterocycles. The molecule has 1 N–H and O–H groups in total. The molecule has 1 aromatic carbocycles. The van der Waals surface area contributed by atoms with Crippen molar-refractivity contribution in [2.24, 2.45) is 5.92 Å². The van der Waals surface area contributed by atoms with Crippen molar-refractivity contribution < 1.29 is 4.39 Å². The minimum absolute atomic E-state index is 0.196. The zero-order valence-corrected chi connectivity index (χ0v) is 14.4. The number of nitrogens with one attached hydrogen (secondary N) is 1. The highest BCUT2D eigenvalue weighted by Crippen LogP contribution is 2.21. The average Bonchev–Trinajstić information content (AvgIpc) is 3.03. The molecule has 5 heteroatoms. The average molecular weight is 330 g/mol. The fourth-order valence-electron chi connectivity index (χ4n) is 3.39. The van der Waals surface area contributed by atoms with Crippen LogP contribution in [0.3, 0.4) is 0 Å². The smallest absolute Gasteiger partial charge is 0.123 e. The second-order valence-corrected chi connectivity index (χ2v) is 6.78. The molecule has 24 heavy (non-hydrogen) atoms. The molecule has 1 aromatic heterocycles. The molecule has 0 saturated carbocycles. The minimum Gasteiger partial charge on any atom is -0.320 e. The summed E-state index contributed by atoms with van der Waals surface area (Å²) in [5.74, 6) is 0.674. The van der Waals surface area contributed by atoms with Crippen LogP contribution >= 0.6 is 0 Å². The van der Waals surface area contributed by atoms with E-state index in [1.807, 2.05) is 30.1 Å². The molecule has 130 valence electrons. The van der Waals surface area contributed by atoms with E-state index in [1.54, 1.807) is 0 Å². The summed E-state index contributed by atoms with van der Waals surface area (Å²) in [6, 6.07) is 6.62. The summed E-state index contributed by atoms with van der Waals surface area (Å²) < 4.78 is 14.9. The summed E-state index contributed by atoms with van der Waals surface area (Å²) in [4.78, 5) is 2.52. The first-order valence-electron chi connectivity index (χ1n) is 8.85. The lowest BCUT2D eigenvalue weighted by Gasteiger charge is -2.31. The Morgan fingerprint density at radius 3 is 2.58 bits per heavy atom. The van der Waals surface area contributed by atoms with Crippen LogP contribution in [0.5, 0.6) is 0 Å². The number of hydrogen-bond acceptors (Lipinski definition) is 3. The van der Waals surface area contributed by atoms with Gasteiger partial charge in [-0.05, 0) is 69.6 Å². The quantitative estimate of drug-likeness (QED) is 0.847. The molecule has 4 nitrogen and oxygen atoms in total. The maximum atomic E-state index is 13.0. The van der Waals surface area contributed by atoms with Gasteiger partial charge in [0.2, 0.25) is 0 Å². The number of rotatable bonds is 7. The molecular weight excluding hydrogens is 303 g/mol. The van der Waals surface area contributed by atoms with Crippen molar-refractivity contribution in [1.82, 2.24) is 20.0 Å². The number of hydrogen-bond donors (Lipinski definition) is 1. The molecule has 0 bridgehead atoms. The van der Waals surface area contributed by atoms with Gasteiger partial charge in [0, 0.05) is 18.3 Å². The number of aromatic nitrogens is 2. The Morgan fingerprint density at radius 1 is 1.12 bits per heavy atom. The van der Waals surface area contributed by atoms with Crippen LogP contribution in [-0.2, 0) is 13.1 Å². The van der Waals surface area contributed by atoms with Gasteiger partial charge in [-0.25, -0.2) is 4.39 Å². The van der Waals surface area contributed by atoms with Crippen LogP contribution in [0.25, 0.3) is 0 Å². The lowest BCUT2D eigenvalue weighted by molar-refractivity contribution is 0.172. The molecule has 1 saturated heterocycles. The molecular formula is C19H27FN4. The number of nitrogens with zero attached hydrogens (tertiary/aromatic N) is 3. The van der Waals surface area contributed by atoms with Crippen molar-refractivity contribution in [3.05, 3.63) is 53.6 Å². The predicted molar refractivity (Wildman–Crippen MR) is 94.3 cm³/mol. The summed E-state index contributed by atoms with van der Waals surface area (Å²) in [6.45, 7) is 5.14. The third-order valence-corrected chi connectivity index (χ3v) is 4.86. The lowest BCUT2D eigenvalue weighted by atomic mass is 9.93. The highest BCUT2D eigenvalue weighted by atomic mass is 19.1. The van der Waals surface area contributed by atoms with Gasteiger partial charge in [0.1, 0.15) is 5.82 Å². The van der Waals surface area contributed by atoms with Gasteiger partial charge in [0.25, 0.3) is 0 Å². The molecule has 0 spiro atoms. The van der Waals surface area contributed by atoms with E-state index in [1.165, 1.54) is 50.0 Å². The monoisotopic (exact) mass is 330 g/mol. The maximum Gasteiger partial charge on any atom is 0.123 e. The Morgan fingerprint density at radius 2 is 1.88 bits per heavy atom. The van der Waals surface area contributed by atoms with Gasteiger partial charge in [-0.3, -0.25) is 9.58 Å². The summed E-state index contributed by atoms with van der Waals surface area (Å²) in [6.07, 6.45) is 7.95. The van der Waals surface area contributed by atoms with Crippen molar-refractivity contribution in [2.75, 3.05) is 26.7 Å². The molecule has 0 atom stereocenters. The highest BCUT2D eigenvalue weighted by Gasteiger charge is 2.19. The van der Waals surface area contributed by atoms with Crippen LogP contribution < -0.4 is 5.32 Å². The molecule has 1 aliphatic rings. The third kappa shape index (κ3) is 4.89. The first-order valence-corrected chi connectivity index (χ1v) is 8.85. The maximum absolute atomic E-state index is 13.0. The molecule has 0 amide bonds. The minimum atomic E-state index is -0.196. The van der Waals surface area contributed by atoms with Gasteiger partial charge in [0.15, 0.2) is 0 Å². The van der Waals surface area contributed by atoms with E-state index < -0.39 is 0 Å². The standard InChI is InChI=1S/C19H27FN4/c1-21-9-6-16-7-10-23(11-8-16)13-18-12-22-24(15-18)14-17-2-4-19(20)5-3-17/h2-5,12,15-16,21H,6-11,13-14H2,1H3. The Labute approximate surface area is 143 Å². The molecule has 3 rings (SSSR count). The van der Waals surface area contributed by atoms with Gasteiger partial charge in [-0.1, -0.05) is 12.1 Å². The first kappa shape index (κ1) is 17.1. The third-order valence-electron chi connectivity index (χ3n) is 4.86. The van der Waals surface area contributed by atoms with Gasteiger partial charge < -0.3 is 5.32 Å². The lowest BCUT2D eigenvalue weighted by Crippen LogP contribution is -2.33. The number of halogens is 1. The van der Waals surface area contributed by atoms with Crippen LogP contribution in [0.4, 0.5) is 4.39 Å². The fourth-order valence-corrected chi connectivity index (χ4v) is 3.39. The van der Waals surface area contributed by atoms with Gasteiger partial charge in [-0.2, -0.15) is 5.10 Å². The van der Waals surface area contributed by atoms with Gasteiger partial charge >= 0.3 is 0 Å². The van der Waals surface area contributed by atoms with Gasteiger partial charge in [0.05, 0.1) is 12.7 Å². The Hall–Kier alpha value is -1.72. The summed E-state index contributed by atoms with van der Waals surface area (Å²) in [5, 5.41) is 7.69. The molecule has 2 heterocycles. The normalized spacial score (nSPS) is 16.6. The Kier molecular flexibility index (Phi) is 5.99. The van der Waals surface area contributed by atoms with Crippen LogP contribution in [0, 0.1) is 11.7 Å². The fraction of sp³-hybridized carbons (Fsp3) is 0.526. The van der Waals surface area contributed by atoms with Crippen LogP contribution in [0.2, 0.25) is 0 Å². The van der Waals surface area contributed by atoms with E-state index in [-0.39, 0.29) is 5.82 Å². The van der Waals surface area contributed by atoms with E-state index in [9.17, 15) is 4.39 Å². The summed E-state index contributed by atoms with van der Waals surface area (Å²) in [5.41, 5.74) is 2.32. The van der Waals surface area contributed by atoms with E-state index >= 15 is 0 Å². The van der Waals surface area contributed by atoms with Crippen LogP contribution in [0.1, 0.15) is 30.4 Å². The second kappa shape index (κ2) is 8.40. The molecule has 2 aromatic rings. The van der Waals surface area contributed by atoms with Crippen molar-refractivity contribution >= 4 is 0 Å². The number of likely N-dealkylation sites (tertiary alicyclic amines) is 1. The largest absolute Gasteiger partial charge is 0.320 e. The second-order valence-electron chi connectivity index (χ2n) is 6.78. The first-order chi connectivity index (χ1) is 11.7. The Balaban J connectivity index is 1.47. The van der Waals surface area contributed by atoms with E-state index in [0.29, 0.717) is 6.54 Å². The zero-order chi connectivity index (χ0) is 16.8. The van der Waals surface area contributed by atoms with Crippen molar-refractivity contribution in [3.8, 4) is 0 Å². The predicted octanol–water partition coefficient (Wildman–Crippen LogP) is 2.89. The summed E-state index contributed by atoms with van der Waals surface area (Å²) >= 11 is 0. The van der Waals surface area contributed by atoms with Crippen LogP contribution in [0.15, 0.2) is 36.7 Å². The Bertz CT molecular complexity index is 615. The highest BCUT2D eigenvalue weighted by molar-refractivity contribution is 5.16. The topological polar surface area (TPSA) is 33.1 Å². The van der Waals surface area contributed by atoms with E-state index in [4.69, 9.17) is 0 Å². The SMILES string of the molecule is CNCCC1CCN(Cc2cnn(Cc3ccc(F)cc3)c2)CC1. The van der Waals surface area contributed by atoms with E-state index in [2.05, 4.69) is 21.5 Å². The van der Waals surface area contributed by atoms with Crippen molar-refractivity contribution in [3.63, 3.8) is 0 Å². The van der Waals surface area contributed by atoms with Crippen molar-refractivity contribution in [2.45, 2.75) is 32.4 Å². The molecule has 0 unspecified atom stereocenters. The molecule has 1 fully saturated rings. The number of benzene rings is 1. The zero-order valence-electron chi connectivity index (χ0n) is 14.4. The summed E-state index contributed by atoms with van der Waals surface area (Å²) in [7, 11) is 2.03. The van der Waals surface area contributed by atoms with Crippen molar-refractivity contribution in [1.29, 1.82) is 0 Å². The van der Waals surface area contributed by atoms with Crippen LogP contribution in [-0.4, -0.2) is 41.4 Å². The molecule has 0 radical (unpaired) electrons.